The molecule has 2 amide bonds. The number of carbonyl (C=O) groups is 2. The molecule has 25 heavy (non-hydrogen) atoms. The van der Waals surface area contributed by atoms with Crippen molar-refractivity contribution in [3.8, 4) is 0 Å². The zero-order valence-electron chi connectivity index (χ0n) is 13.8. The molecule has 1 aromatic carbocycles. The number of hydrogen-bond donors (Lipinski definition) is 1. The Morgan fingerprint density at radius 2 is 1.76 bits per heavy atom. The summed E-state index contributed by atoms with van der Waals surface area (Å²) in [5, 5.41) is 3.81. The van der Waals surface area contributed by atoms with E-state index in [0.29, 0.717) is 43.5 Å². The predicted molar refractivity (Wildman–Crippen MR) is 94.4 cm³/mol. The number of benzene rings is 1. The maximum atomic E-state index is 12.3. The smallest absolute Gasteiger partial charge is 0.289 e. The maximum Gasteiger partial charge on any atom is 0.289 e. The van der Waals surface area contributed by atoms with Crippen molar-refractivity contribution in [2.24, 2.45) is 0 Å². The van der Waals surface area contributed by atoms with Crippen LogP contribution in [0.4, 0.5) is 0 Å². The number of hydrogen-bond acceptors (Lipinski definition) is 4. The molecular weight excluding hydrogens is 342 g/mol. The highest BCUT2D eigenvalue weighted by Gasteiger charge is 2.25. The summed E-state index contributed by atoms with van der Waals surface area (Å²) in [5.41, 5.74) is 0.964. The summed E-state index contributed by atoms with van der Waals surface area (Å²) < 4.78 is 5.14. The standard InChI is InChI=1S/C18H20ClN3O3/c19-15-5-2-1-4-14(15)12-20-13-17(23)21-7-9-22(10-8-21)18(24)16-6-3-11-25-16/h1-6,11,20H,7-10,12-13H2. The second-order valence-corrected chi connectivity index (χ2v) is 6.25. The first-order valence-corrected chi connectivity index (χ1v) is 8.57. The molecule has 1 aliphatic heterocycles. The molecule has 2 aromatic rings. The third-order valence-corrected chi connectivity index (χ3v) is 4.57. The van der Waals surface area contributed by atoms with Crippen molar-refractivity contribution in [2.75, 3.05) is 32.7 Å². The summed E-state index contributed by atoms with van der Waals surface area (Å²) in [4.78, 5) is 28.0. The lowest BCUT2D eigenvalue weighted by Crippen LogP contribution is -2.52. The van der Waals surface area contributed by atoms with Gasteiger partial charge in [-0.25, -0.2) is 0 Å². The van der Waals surface area contributed by atoms with Crippen LogP contribution in [-0.4, -0.2) is 54.3 Å². The quantitative estimate of drug-likeness (QED) is 0.884. The molecule has 1 saturated heterocycles. The first-order chi connectivity index (χ1) is 12.1. The summed E-state index contributed by atoms with van der Waals surface area (Å²) in [6.45, 7) is 2.86. The Balaban J connectivity index is 1.42. The Hall–Kier alpha value is -2.31. The summed E-state index contributed by atoms with van der Waals surface area (Å²) in [6.07, 6.45) is 1.48. The molecule has 1 aromatic heterocycles. The third-order valence-electron chi connectivity index (χ3n) is 4.20. The Bertz CT molecular complexity index is 725. The monoisotopic (exact) mass is 361 g/mol. The van der Waals surface area contributed by atoms with E-state index < -0.39 is 0 Å². The van der Waals surface area contributed by atoms with Crippen molar-refractivity contribution in [3.05, 3.63) is 59.0 Å². The normalized spacial score (nSPS) is 14.6. The summed E-state index contributed by atoms with van der Waals surface area (Å²) in [5.74, 6) is 0.229. The van der Waals surface area contributed by atoms with E-state index >= 15 is 0 Å². The average Bonchev–Trinajstić information content (AvgIpc) is 3.17. The molecule has 0 radical (unpaired) electrons. The van der Waals surface area contributed by atoms with Gasteiger partial charge in [0.05, 0.1) is 12.8 Å². The number of amides is 2. The summed E-state index contributed by atoms with van der Waals surface area (Å²) >= 11 is 6.10. The largest absolute Gasteiger partial charge is 0.459 e. The molecule has 1 aliphatic rings. The molecule has 0 spiro atoms. The van der Waals surface area contributed by atoms with E-state index in [-0.39, 0.29) is 18.4 Å². The van der Waals surface area contributed by atoms with Crippen molar-refractivity contribution in [3.63, 3.8) is 0 Å². The van der Waals surface area contributed by atoms with Crippen LogP contribution in [0.25, 0.3) is 0 Å². The van der Waals surface area contributed by atoms with E-state index in [1.165, 1.54) is 6.26 Å². The van der Waals surface area contributed by atoms with Crippen LogP contribution in [0.15, 0.2) is 47.1 Å². The third kappa shape index (κ3) is 4.41. The molecular formula is C18H20ClN3O3. The molecule has 0 bridgehead atoms. The highest BCUT2D eigenvalue weighted by Crippen LogP contribution is 2.14. The number of furan rings is 1. The van der Waals surface area contributed by atoms with E-state index in [2.05, 4.69) is 5.32 Å². The van der Waals surface area contributed by atoms with E-state index in [4.69, 9.17) is 16.0 Å². The zero-order valence-corrected chi connectivity index (χ0v) is 14.5. The number of nitrogens with zero attached hydrogens (tertiary/aromatic N) is 2. The number of carbonyl (C=O) groups excluding carboxylic acids is 2. The number of nitrogens with one attached hydrogen (secondary N) is 1. The summed E-state index contributed by atoms with van der Waals surface area (Å²) in [7, 11) is 0. The number of halogens is 1. The van der Waals surface area contributed by atoms with Crippen LogP contribution in [0, 0.1) is 0 Å². The van der Waals surface area contributed by atoms with E-state index in [0.717, 1.165) is 5.56 Å². The zero-order chi connectivity index (χ0) is 17.6. The Morgan fingerprint density at radius 3 is 2.44 bits per heavy atom. The van der Waals surface area contributed by atoms with Crippen LogP contribution in [0.5, 0.6) is 0 Å². The van der Waals surface area contributed by atoms with Crippen molar-refractivity contribution in [1.29, 1.82) is 0 Å². The van der Waals surface area contributed by atoms with Gasteiger partial charge in [-0.05, 0) is 23.8 Å². The second-order valence-electron chi connectivity index (χ2n) is 5.85. The van der Waals surface area contributed by atoms with Crippen molar-refractivity contribution < 1.29 is 14.0 Å². The van der Waals surface area contributed by atoms with Crippen LogP contribution in [0.3, 0.4) is 0 Å². The van der Waals surface area contributed by atoms with Gasteiger partial charge in [-0.3, -0.25) is 9.59 Å². The molecule has 2 heterocycles. The Morgan fingerprint density at radius 1 is 1.04 bits per heavy atom. The van der Waals surface area contributed by atoms with Gasteiger partial charge in [-0.2, -0.15) is 0 Å². The second kappa shape index (κ2) is 8.18. The molecule has 0 unspecified atom stereocenters. The topological polar surface area (TPSA) is 65.8 Å². The van der Waals surface area contributed by atoms with Crippen molar-refractivity contribution >= 4 is 23.4 Å². The molecule has 7 heteroatoms. The molecule has 6 nitrogen and oxygen atoms in total. The minimum atomic E-state index is -0.131. The van der Waals surface area contributed by atoms with Gasteiger partial charge in [0, 0.05) is 37.7 Å². The van der Waals surface area contributed by atoms with Crippen LogP contribution in [0.2, 0.25) is 5.02 Å². The fourth-order valence-electron chi connectivity index (χ4n) is 2.77. The van der Waals surface area contributed by atoms with Crippen LogP contribution in [-0.2, 0) is 11.3 Å². The predicted octanol–water partition coefficient (Wildman–Crippen LogP) is 2.01. The highest BCUT2D eigenvalue weighted by atomic mass is 35.5. The van der Waals surface area contributed by atoms with Gasteiger partial charge in [0.25, 0.3) is 5.91 Å². The molecule has 132 valence electrons. The molecule has 0 aliphatic carbocycles. The number of rotatable bonds is 5. The highest BCUT2D eigenvalue weighted by molar-refractivity contribution is 6.31. The minimum Gasteiger partial charge on any atom is -0.459 e. The van der Waals surface area contributed by atoms with E-state index in [1.54, 1.807) is 21.9 Å². The van der Waals surface area contributed by atoms with Crippen molar-refractivity contribution in [2.45, 2.75) is 6.54 Å². The molecule has 1 N–H and O–H groups in total. The Kier molecular flexibility index (Phi) is 5.73. The van der Waals surface area contributed by atoms with Gasteiger partial charge in [0.2, 0.25) is 5.91 Å². The minimum absolute atomic E-state index is 0.0251. The maximum absolute atomic E-state index is 12.3. The molecule has 1 fully saturated rings. The lowest BCUT2D eigenvalue weighted by atomic mass is 10.2. The van der Waals surface area contributed by atoms with Gasteiger partial charge >= 0.3 is 0 Å². The fraction of sp³-hybridized carbons (Fsp3) is 0.333. The summed E-state index contributed by atoms with van der Waals surface area (Å²) in [6, 6.07) is 10.9. The first kappa shape index (κ1) is 17.5. The van der Waals surface area contributed by atoms with Gasteiger partial charge in [0.1, 0.15) is 0 Å². The fourth-order valence-corrected chi connectivity index (χ4v) is 2.98. The van der Waals surface area contributed by atoms with Gasteiger partial charge < -0.3 is 19.5 Å². The van der Waals surface area contributed by atoms with E-state index in [1.807, 2.05) is 24.3 Å². The van der Waals surface area contributed by atoms with Gasteiger partial charge in [-0.15, -0.1) is 0 Å². The molecule has 0 atom stereocenters. The lowest BCUT2D eigenvalue weighted by Gasteiger charge is -2.34. The average molecular weight is 362 g/mol. The first-order valence-electron chi connectivity index (χ1n) is 8.20. The van der Waals surface area contributed by atoms with Gasteiger partial charge in [-0.1, -0.05) is 29.8 Å². The number of piperazine rings is 1. The Labute approximate surface area is 151 Å². The van der Waals surface area contributed by atoms with Crippen LogP contribution in [0.1, 0.15) is 16.1 Å². The van der Waals surface area contributed by atoms with Crippen LogP contribution >= 0.6 is 11.6 Å². The van der Waals surface area contributed by atoms with Crippen molar-refractivity contribution in [1.82, 2.24) is 15.1 Å². The molecule has 3 rings (SSSR count). The lowest BCUT2D eigenvalue weighted by molar-refractivity contribution is -0.131. The van der Waals surface area contributed by atoms with Gasteiger partial charge in [0.15, 0.2) is 5.76 Å². The SMILES string of the molecule is O=C(CNCc1ccccc1Cl)N1CCN(C(=O)c2ccco2)CC1. The molecule has 0 saturated carbocycles. The van der Waals surface area contributed by atoms with Crippen LogP contribution < -0.4 is 5.32 Å². The van der Waals surface area contributed by atoms with E-state index in [9.17, 15) is 9.59 Å².